The quantitative estimate of drug-likeness (QED) is 0.409. The fourth-order valence-corrected chi connectivity index (χ4v) is 5.28. The minimum atomic E-state index is -0.439. The van der Waals surface area contributed by atoms with Crippen LogP contribution >= 0.6 is 0 Å². The van der Waals surface area contributed by atoms with E-state index in [-0.39, 0.29) is 22.9 Å². The molecule has 0 fully saturated rings. The number of hydrogen-bond donors (Lipinski definition) is 2. The molecule has 1 aliphatic heterocycles. The first kappa shape index (κ1) is 25.0. The number of benzene rings is 2. The van der Waals surface area contributed by atoms with E-state index in [0.717, 1.165) is 30.6 Å². The van der Waals surface area contributed by atoms with Crippen molar-refractivity contribution in [3.63, 3.8) is 0 Å². The van der Waals surface area contributed by atoms with Gasteiger partial charge >= 0.3 is 0 Å². The number of hydrogen-bond acceptors (Lipinski definition) is 3. The topological polar surface area (TPSA) is 59.0 Å². The van der Waals surface area contributed by atoms with Crippen molar-refractivity contribution >= 4 is 11.7 Å². The van der Waals surface area contributed by atoms with E-state index in [4.69, 9.17) is 0 Å². The number of fused-ring (bicyclic) bond motifs is 1. The number of amides is 1. The average molecular weight is 473 g/mol. The summed E-state index contributed by atoms with van der Waals surface area (Å²) in [5.74, 6) is 0.698. The van der Waals surface area contributed by atoms with Crippen LogP contribution in [0, 0.1) is 0 Å². The van der Waals surface area contributed by atoms with E-state index in [2.05, 4.69) is 113 Å². The molecular weight excluding hydrogens is 432 g/mol. The van der Waals surface area contributed by atoms with Gasteiger partial charge in [0.05, 0.1) is 23.3 Å². The van der Waals surface area contributed by atoms with Gasteiger partial charge in [-0.05, 0) is 55.2 Å². The Kier molecular flexibility index (Phi) is 6.56. The van der Waals surface area contributed by atoms with Gasteiger partial charge in [0.1, 0.15) is 11.4 Å². The SMILES string of the molecule is CCC(CC)(NC(=O)c1cnn2c1N[C@@H](c1ccccc1)CC2(C)C)c1ccc(C(C)(C)C)cc1. The van der Waals surface area contributed by atoms with Crippen molar-refractivity contribution in [2.45, 2.75) is 90.3 Å². The van der Waals surface area contributed by atoms with Crippen LogP contribution in [0.25, 0.3) is 0 Å². The number of nitrogens with zero attached hydrogens (tertiary/aromatic N) is 2. The highest BCUT2D eigenvalue weighted by molar-refractivity contribution is 5.99. The van der Waals surface area contributed by atoms with Crippen molar-refractivity contribution in [1.82, 2.24) is 15.1 Å². The Morgan fingerprint density at radius 1 is 1.03 bits per heavy atom. The molecule has 0 unspecified atom stereocenters. The molecule has 2 aromatic carbocycles. The van der Waals surface area contributed by atoms with Gasteiger partial charge in [-0.1, -0.05) is 89.2 Å². The van der Waals surface area contributed by atoms with E-state index in [1.807, 2.05) is 10.7 Å². The Hall–Kier alpha value is -3.08. The summed E-state index contributed by atoms with van der Waals surface area (Å²) >= 11 is 0. The molecule has 0 spiro atoms. The van der Waals surface area contributed by atoms with Crippen LogP contribution in [0.2, 0.25) is 0 Å². The number of nitrogens with one attached hydrogen (secondary N) is 2. The molecule has 1 amide bonds. The third kappa shape index (κ3) is 4.73. The van der Waals surface area contributed by atoms with Crippen LogP contribution in [0.5, 0.6) is 0 Å². The van der Waals surface area contributed by atoms with Crippen molar-refractivity contribution in [3.8, 4) is 0 Å². The molecule has 0 saturated heterocycles. The van der Waals surface area contributed by atoms with Crippen LogP contribution in [0.3, 0.4) is 0 Å². The predicted molar refractivity (Wildman–Crippen MR) is 144 cm³/mol. The van der Waals surface area contributed by atoms with Crippen LogP contribution in [0.15, 0.2) is 60.8 Å². The minimum Gasteiger partial charge on any atom is -0.363 e. The first-order chi connectivity index (χ1) is 16.5. The maximum atomic E-state index is 13.8. The van der Waals surface area contributed by atoms with Gasteiger partial charge in [-0.2, -0.15) is 5.10 Å². The van der Waals surface area contributed by atoms with E-state index in [1.54, 1.807) is 6.20 Å². The summed E-state index contributed by atoms with van der Waals surface area (Å²) in [6, 6.07) is 19.3. The maximum Gasteiger partial charge on any atom is 0.257 e. The monoisotopic (exact) mass is 472 g/mol. The smallest absolute Gasteiger partial charge is 0.257 e. The highest BCUT2D eigenvalue weighted by Gasteiger charge is 2.38. The number of anilines is 1. The number of rotatable bonds is 6. The largest absolute Gasteiger partial charge is 0.363 e. The molecule has 5 heteroatoms. The Morgan fingerprint density at radius 2 is 1.63 bits per heavy atom. The lowest BCUT2D eigenvalue weighted by Gasteiger charge is -2.39. The van der Waals surface area contributed by atoms with Crippen molar-refractivity contribution in [2.75, 3.05) is 5.32 Å². The molecule has 1 aliphatic rings. The summed E-state index contributed by atoms with van der Waals surface area (Å²) in [5.41, 5.74) is 3.68. The van der Waals surface area contributed by atoms with E-state index in [1.165, 1.54) is 11.1 Å². The zero-order valence-electron chi connectivity index (χ0n) is 22.3. The first-order valence-electron chi connectivity index (χ1n) is 12.8. The lowest BCUT2D eigenvalue weighted by molar-refractivity contribution is 0.0890. The van der Waals surface area contributed by atoms with Crippen molar-refractivity contribution in [3.05, 3.63) is 83.0 Å². The molecule has 0 bridgehead atoms. The van der Waals surface area contributed by atoms with Gasteiger partial charge in [0, 0.05) is 0 Å². The van der Waals surface area contributed by atoms with E-state index < -0.39 is 5.54 Å². The predicted octanol–water partition coefficient (Wildman–Crippen LogP) is 6.92. The van der Waals surface area contributed by atoms with Crippen molar-refractivity contribution in [2.24, 2.45) is 0 Å². The van der Waals surface area contributed by atoms with Gasteiger partial charge in [-0.3, -0.25) is 4.79 Å². The van der Waals surface area contributed by atoms with Gasteiger partial charge in [0.15, 0.2) is 0 Å². The second-order valence-corrected chi connectivity index (χ2v) is 11.5. The summed E-state index contributed by atoms with van der Waals surface area (Å²) in [4.78, 5) is 13.8. The second-order valence-electron chi connectivity index (χ2n) is 11.5. The van der Waals surface area contributed by atoms with Crippen LogP contribution < -0.4 is 10.6 Å². The zero-order chi connectivity index (χ0) is 25.4. The molecule has 2 N–H and O–H groups in total. The van der Waals surface area contributed by atoms with Gasteiger partial charge in [0.2, 0.25) is 0 Å². The molecule has 1 atom stereocenters. The fourth-order valence-electron chi connectivity index (χ4n) is 5.28. The molecule has 35 heavy (non-hydrogen) atoms. The Labute approximate surface area is 210 Å². The number of carbonyl (C=O) groups excluding carboxylic acids is 1. The minimum absolute atomic E-state index is 0.0909. The molecule has 4 rings (SSSR count). The zero-order valence-corrected chi connectivity index (χ0v) is 22.3. The molecule has 186 valence electrons. The highest BCUT2D eigenvalue weighted by Crippen LogP contribution is 2.40. The van der Waals surface area contributed by atoms with E-state index in [9.17, 15) is 4.79 Å². The van der Waals surface area contributed by atoms with Crippen LogP contribution in [-0.4, -0.2) is 15.7 Å². The lowest BCUT2D eigenvalue weighted by atomic mass is 9.81. The van der Waals surface area contributed by atoms with E-state index >= 15 is 0 Å². The van der Waals surface area contributed by atoms with E-state index in [0.29, 0.717) is 5.56 Å². The average Bonchev–Trinajstić information content (AvgIpc) is 3.28. The molecular formula is C30H40N4O. The summed E-state index contributed by atoms with van der Waals surface area (Å²) in [7, 11) is 0. The third-order valence-electron chi connectivity index (χ3n) is 7.67. The van der Waals surface area contributed by atoms with Gasteiger partial charge in [-0.25, -0.2) is 4.68 Å². The number of aromatic nitrogens is 2. The maximum absolute atomic E-state index is 13.8. The van der Waals surface area contributed by atoms with Crippen LogP contribution in [-0.2, 0) is 16.5 Å². The molecule has 0 radical (unpaired) electrons. The van der Waals surface area contributed by atoms with Crippen molar-refractivity contribution < 1.29 is 4.79 Å². The summed E-state index contributed by atoms with van der Waals surface area (Å²) in [6.45, 7) is 15.3. The Balaban J connectivity index is 1.65. The normalized spacial score (nSPS) is 17.4. The third-order valence-corrected chi connectivity index (χ3v) is 7.67. The van der Waals surface area contributed by atoms with Gasteiger partial charge < -0.3 is 10.6 Å². The Morgan fingerprint density at radius 3 is 2.20 bits per heavy atom. The van der Waals surface area contributed by atoms with Gasteiger partial charge in [0.25, 0.3) is 5.91 Å². The van der Waals surface area contributed by atoms with Crippen LogP contribution in [0.4, 0.5) is 5.82 Å². The molecule has 0 saturated carbocycles. The molecule has 2 heterocycles. The molecule has 1 aromatic heterocycles. The molecule has 0 aliphatic carbocycles. The highest BCUT2D eigenvalue weighted by atomic mass is 16.1. The van der Waals surface area contributed by atoms with Gasteiger partial charge in [-0.15, -0.1) is 0 Å². The summed E-state index contributed by atoms with van der Waals surface area (Å²) in [5, 5.41) is 11.7. The molecule has 3 aromatic rings. The lowest BCUT2D eigenvalue weighted by Crippen LogP contribution is -2.45. The standard InChI is InChI=1S/C30H40N4O/c1-8-30(9-2,23-17-15-22(16-18-23)28(3,4)5)33-27(35)24-20-31-34-26(24)32-25(19-29(34,6)7)21-13-11-10-12-14-21/h10-18,20,25,32H,8-9,19H2,1-7H3,(H,33,35)/t25-/m1/s1. The summed E-state index contributed by atoms with van der Waals surface area (Å²) in [6.07, 6.45) is 4.21. The molecule has 5 nitrogen and oxygen atoms in total. The van der Waals surface area contributed by atoms with Crippen molar-refractivity contribution in [1.29, 1.82) is 0 Å². The summed E-state index contributed by atoms with van der Waals surface area (Å²) < 4.78 is 1.97. The second kappa shape index (κ2) is 9.18. The number of carbonyl (C=O) groups is 1. The Bertz CT molecular complexity index is 1170. The first-order valence-corrected chi connectivity index (χ1v) is 12.8. The van der Waals surface area contributed by atoms with Crippen LogP contribution in [0.1, 0.15) is 101 Å². The fraction of sp³-hybridized carbons (Fsp3) is 0.467.